The van der Waals surface area contributed by atoms with E-state index in [-0.39, 0.29) is 13.4 Å². The van der Waals surface area contributed by atoms with Crippen LogP contribution in [0.3, 0.4) is 0 Å². The van der Waals surface area contributed by atoms with E-state index in [1.54, 1.807) is 0 Å². The Morgan fingerprint density at radius 3 is 1.73 bits per heavy atom. The van der Waals surface area contributed by atoms with Gasteiger partial charge in [-0.05, 0) is 82.4 Å². The summed E-state index contributed by atoms with van der Waals surface area (Å²) < 4.78 is 11.2. The summed E-state index contributed by atoms with van der Waals surface area (Å²) >= 11 is 0. The first kappa shape index (κ1) is 34.4. The highest BCUT2D eigenvalue weighted by Crippen LogP contribution is 2.31. The minimum Gasteiger partial charge on any atom is -0.457 e. The van der Waals surface area contributed by atoms with Crippen molar-refractivity contribution < 1.29 is 4.74 Å². The van der Waals surface area contributed by atoms with Crippen molar-refractivity contribution in [1.82, 2.24) is 19.3 Å². The Morgan fingerprint density at radius 1 is 0.491 bits per heavy atom. The molecule has 266 valence electrons. The lowest BCUT2D eigenvalue weighted by atomic mass is 9.20. The summed E-state index contributed by atoms with van der Waals surface area (Å²) in [6, 6.07) is 43.5. The van der Waals surface area contributed by atoms with E-state index >= 15 is 0 Å². The summed E-state index contributed by atoms with van der Waals surface area (Å²) in [4.78, 5) is 4.83. The lowest BCUT2D eigenvalue weighted by Gasteiger charge is -2.36. The first-order valence-electron chi connectivity index (χ1n) is 19.1. The second kappa shape index (κ2) is 13.8. The fourth-order valence-electron chi connectivity index (χ4n) is 9.10. The number of hydrogen-bond acceptors (Lipinski definition) is 3. The molecule has 0 saturated heterocycles. The average Bonchev–Trinajstić information content (AvgIpc) is 3.89. The van der Waals surface area contributed by atoms with Crippen LogP contribution in [0.5, 0.6) is 11.5 Å². The largest absolute Gasteiger partial charge is 0.457 e. The van der Waals surface area contributed by atoms with Crippen LogP contribution in [0.25, 0.3) is 22.8 Å². The van der Waals surface area contributed by atoms with E-state index < -0.39 is 0 Å². The van der Waals surface area contributed by atoms with E-state index in [0.717, 1.165) is 34.3 Å². The number of hydrogen-bond donors (Lipinski definition) is 0. The first-order chi connectivity index (χ1) is 26.8. The van der Waals surface area contributed by atoms with E-state index in [9.17, 15) is 0 Å². The summed E-state index contributed by atoms with van der Waals surface area (Å²) in [5.74, 6) is 2.37. The second-order valence-electron chi connectivity index (χ2n) is 15.0. The molecule has 0 N–H and O–H groups in total. The quantitative estimate of drug-likeness (QED) is 0.173. The van der Waals surface area contributed by atoms with Crippen LogP contribution in [0.1, 0.15) is 33.4 Å². The number of para-hydroxylation sites is 1. The van der Waals surface area contributed by atoms with Crippen molar-refractivity contribution in [3.05, 3.63) is 179 Å². The lowest BCUT2D eigenvalue weighted by Crippen LogP contribution is -2.76. The molecule has 1 aliphatic rings. The zero-order valence-corrected chi connectivity index (χ0v) is 32.2. The molecule has 1 aliphatic heterocycles. The van der Waals surface area contributed by atoms with Gasteiger partial charge in [0.1, 0.15) is 17.3 Å². The van der Waals surface area contributed by atoms with Gasteiger partial charge in [0, 0.05) is 36.4 Å². The van der Waals surface area contributed by atoms with Crippen molar-refractivity contribution in [2.45, 2.75) is 41.5 Å². The van der Waals surface area contributed by atoms with Crippen molar-refractivity contribution in [3.8, 4) is 34.3 Å². The van der Waals surface area contributed by atoms with Gasteiger partial charge in [-0.3, -0.25) is 4.57 Å². The molecule has 0 atom stereocenters. The van der Waals surface area contributed by atoms with E-state index in [4.69, 9.17) is 14.8 Å². The molecule has 5 nitrogen and oxygen atoms in total. The molecule has 55 heavy (non-hydrogen) atoms. The Labute approximate surface area is 324 Å². The van der Waals surface area contributed by atoms with Crippen LogP contribution >= 0.6 is 0 Å². The number of ether oxygens (including phenoxy) is 1. The van der Waals surface area contributed by atoms with Gasteiger partial charge in [0.15, 0.2) is 0 Å². The molecule has 0 saturated carbocycles. The number of imidazole rings is 1. The van der Waals surface area contributed by atoms with Gasteiger partial charge in [-0.2, -0.15) is 5.10 Å². The Balaban J connectivity index is 1.26. The van der Waals surface area contributed by atoms with Crippen LogP contribution in [0.2, 0.25) is 0 Å². The number of fused-ring (bicyclic) bond motifs is 2. The molecule has 0 aliphatic carbocycles. The Hall–Kier alpha value is -6.33. The van der Waals surface area contributed by atoms with E-state index in [1.807, 2.05) is 47.7 Å². The lowest BCUT2D eigenvalue weighted by molar-refractivity contribution is 0.483. The van der Waals surface area contributed by atoms with Gasteiger partial charge in [0.2, 0.25) is 13.4 Å². The third-order valence-corrected chi connectivity index (χ3v) is 11.4. The van der Waals surface area contributed by atoms with Gasteiger partial charge in [-0.15, -0.1) is 0 Å². The van der Waals surface area contributed by atoms with Gasteiger partial charge in [0.05, 0.1) is 11.4 Å². The molecule has 0 spiro atoms. The molecule has 7 heteroatoms. The van der Waals surface area contributed by atoms with Gasteiger partial charge in [0.25, 0.3) is 0 Å². The maximum atomic E-state index is 6.96. The molecule has 0 amide bonds. The van der Waals surface area contributed by atoms with Crippen LogP contribution in [0.4, 0.5) is 0 Å². The fraction of sp³-hybridized carbons (Fsp3) is 0.125. The van der Waals surface area contributed by atoms with Crippen LogP contribution in [-0.4, -0.2) is 32.8 Å². The normalized spacial score (nSPS) is 12.1. The monoisotopic (exact) mass is 712 g/mol. The number of benzene rings is 6. The molecule has 0 unspecified atom stereocenters. The Bertz CT molecular complexity index is 2670. The number of nitrogens with zero attached hydrogens (tertiary/aromatic N) is 4. The van der Waals surface area contributed by atoms with Crippen molar-refractivity contribution in [2.24, 2.45) is 0 Å². The van der Waals surface area contributed by atoms with Crippen molar-refractivity contribution in [1.29, 1.82) is 0 Å². The maximum absolute atomic E-state index is 6.96. The highest BCUT2D eigenvalue weighted by molar-refractivity contribution is 7.12. The third-order valence-electron chi connectivity index (χ3n) is 11.4. The molecule has 6 aromatic carbocycles. The molecule has 8 aromatic rings. The first-order valence-corrected chi connectivity index (χ1v) is 19.1. The van der Waals surface area contributed by atoms with Gasteiger partial charge < -0.3 is 4.74 Å². The number of aromatic nitrogens is 4. The van der Waals surface area contributed by atoms with Crippen molar-refractivity contribution in [3.63, 3.8) is 0 Å². The average molecular weight is 713 g/mol. The molecular weight excluding hydrogens is 670 g/mol. The number of aryl methyl sites for hydroxylation is 6. The van der Waals surface area contributed by atoms with E-state index in [1.165, 1.54) is 66.2 Å². The van der Waals surface area contributed by atoms with Gasteiger partial charge >= 0.3 is 0 Å². The Morgan fingerprint density at radius 2 is 1.09 bits per heavy atom. The van der Waals surface area contributed by atoms with Crippen LogP contribution < -0.4 is 37.5 Å². The van der Waals surface area contributed by atoms with Crippen LogP contribution in [0, 0.1) is 41.5 Å². The zero-order valence-electron chi connectivity index (χ0n) is 32.2. The highest BCUT2D eigenvalue weighted by Gasteiger charge is 2.42. The van der Waals surface area contributed by atoms with Gasteiger partial charge in [-0.25, -0.2) is 9.67 Å². The fourth-order valence-corrected chi connectivity index (χ4v) is 9.10. The topological polar surface area (TPSA) is 44.9 Å². The highest BCUT2D eigenvalue weighted by atomic mass is 16.5. The molecule has 9 rings (SSSR count). The molecule has 3 heterocycles. The summed E-state index contributed by atoms with van der Waals surface area (Å²) in [5.41, 5.74) is 18.4. The minimum absolute atomic E-state index is 0.00619. The zero-order chi connectivity index (χ0) is 37.8. The predicted molar refractivity (Wildman–Crippen MR) is 230 cm³/mol. The van der Waals surface area contributed by atoms with E-state index in [2.05, 4.69) is 149 Å². The summed E-state index contributed by atoms with van der Waals surface area (Å²) in [6.45, 7) is 13.2. The number of rotatable bonds is 7. The Kier molecular flexibility index (Phi) is 8.65. The summed E-state index contributed by atoms with van der Waals surface area (Å²) in [6.07, 6.45) is 7.81. The molecule has 0 bridgehead atoms. The minimum atomic E-state index is -0.0120. The molecular formula is C48H42B2N4O. The SMILES string of the molecule is Cc1cccc(C)c1B1c2ccccc2B(c2c(C)cccc2C)c2c1cc(Oc1cccc(-c3nccn3-c3c(C)cccc3C)c1)cc2-n1cccn1. The maximum Gasteiger partial charge on any atom is 0.243 e. The summed E-state index contributed by atoms with van der Waals surface area (Å²) in [7, 11) is 0. The van der Waals surface area contributed by atoms with Crippen LogP contribution in [-0.2, 0) is 0 Å². The van der Waals surface area contributed by atoms with Crippen LogP contribution in [0.15, 0.2) is 146 Å². The van der Waals surface area contributed by atoms with Crippen molar-refractivity contribution >= 4 is 46.2 Å². The van der Waals surface area contributed by atoms with Crippen molar-refractivity contribution in [2.75, 3.05) is 0 Å². The smallest absolute Gasteiger partial charge is 0.243 e. The molecule has 2 aromatic heterocycles. The standard InChI is InChI=1S/C48H42B2N4O/c1-31-14-9-15-32(2)44(31)49-40-22-7-8-23-41(40)50(45-33(3)16-10-17-34(45)4)46-42(49)29-39(30-43(46)54-26-13-24-52-54)55-38-21-12-20-37(28-38)48-51-25-27-53(48)47-35(5)18-11-19-36(47)6/h7-30H,1-6H3. The second-order valence-corrected chi connectivity index (χ2v) is 15.0. The third kappa shape index (κ3) is 5.91. The van der Waals surface area contributed by atoms with E-state index in [0.29, 0.717) is 0 Å². The molecule has 0 fully saturated rings. The molecule has 0 radical (unpaired) electrons. The van der Waals surface area contributed by atoms with Gasteiger partial charge in [-0.1, -0.05) is 141 Å². The summed E-state index contributed by atoms with van der Waals surface area (Å²) in [5, 5.41) is 4.86. The predicted octanol–water partition coefficient (Wildman–Crippen LogP) is 6.71.